The molecular weight excluding hydrogens is 414 g/mol. The topological polar surface area (TPSA) is 84.2 Å². The number of rotatable bonds is 6. The highest BCUT2D eigenvalue weighted by atomic mass is 16.4. The van der Waals surface area contributed by atoms with E-state index < -0.39 is 5.97 Å². The molecule has 1 aromatic heterocycles. The lowest BCUT2D eigenvalue weighted by Gasteiger charge is -2.19. The van der Waals surface area contributed by atoms with Crippen molar-refractivity contribution in [3.8, 4) is 0 Å². The van der Waals surface area contributed by atoms with Crippen molar-refractivity contribution in [2.75, 3.05) is 5.32 Å². The molecule has 0 saturated heterocycles. The lowest BCUT2D eigenvalue weighted by Crippen LogP contribution is -2.14. The molecule has 0 bridgehead atoms. The van der Waals surface area contributed by atoms with Crippen LogP contribution in [0.3, 0.4) is 0 Å². The van der Waals surface area contributed by atoms with E-state index in [1.54, 1.807) is 18.5 Å². The summed E-state index contributed by atoms with van der Waals surface area (Å²) in [6.07, 6.45) is 1.94. The van der Waals surface area contributed by atoms with Crippen LogP contribution in [-0.2, 0) is 23.2 Å². The standard InChI is InChI=1S/C27H27N3O3/c1-27(2,3)21-13-9-19(10-14-21)16-30-17-28-25-22(5-4-6-23(25)30)29-24(31)15-18-7-11-20(12-8-18)26(32)33/h4-14,17H,15-16H2,1-3H3,(H,29,31)(H,32,33). The molecule has 1 amide bonds. The maximum atomic E-state index is 12.6. The number of fused-ring (bicyclic) bond motifs is 1. The Morgan fingerprint density at radius 2 is 1.61 bits per heavy atom. The molecule has 1 heterocycles. The lowest BCUT2D eigenvalue weighted by molar-refractivity contribution is -0.115. The zero-order valence-corrected chi connectivity index (χ0v) is 19.0. The van der Waals surface area contributed by atoms with Gasteiger partial charge >= 0.3 is 5.97 Å². The maximum Gasteiger partial charge on any atom is 0.335 e. The average Bonchev–Trinajstić information content (AvgIpc) is 3.17. The first-order chi connectivity index (χ1) is 15.7. The fourth-order valence-corrected chi connectivity index (χ4v) is 3.77. The molecular formula is C27H27N3O3. The number of nitrogens with one attached hydrogen (secondary N) is 1. The summed E-state index contributed by atoms with van der Waals surface area (Å²) in [7, 11) is 0. The number of aromatic carboxylic acids is 1. The second-order valence-electron chi connectivity index (χ2n) is 9.22. The highest BCUT2D eigenvalue weighted by Crippen LogP contribution is 2.25. The Bertz CT molecular complexity index is 1300. The molecule has 3 aromatic carbocycles. The zero-order valence-electron chi connectivity index (χ0n) is 19.0. The van der Waals surface area contributed by atoms with Crippen LogP contribution in [0.5, 0.6) is 0 Å². The van der Waals surface area contributed by atoms with Gasteiger partial charge in [-0.15, -0.1) is 0 Å². The number of carbonyl (C=O) groups is 2. The second kappa shape index (κ2) is 8.90. The number of para-hydroxylation sites is 1. The third kappa shape index (κ3) is 5.12. The van der Waals surface area contributed by atoms with Gasteiger partial charge in [0.25, 0.3) is 0 Å². The van der Waals surface area contributed by atoms with Gasteiger partial charge in [0.1, 0.15) is 5.52 Å². The predicted molar refractivity (Wildman–Crippen MR) is 130 cm³/mol. The molecule has 168 valence electrons. The molecule has 2 N–H and O–H groups in total. The molecule has 0 aliphatic carbocycles. The SMILES string of the molecule is CC(C)(C)c1ccc(Cn2cnc3c(NC(=O)Cc4ccc(C(=O)O)cc4)cccc32)cc1. The lowest BCUT2D eigenvalue weighted by atomic mass is 9.87. The largest absolute Gasteiger partial charge is 0.478 e. The van der Waals surface area contributed by atoms with Gasteiger partial charge in [0.05, 0.1) is 29.5 Å². The van der Waals surface area contributed by atoms with E-state index in [2.05, 4.69) is 59.9 Å². The van der Waals surface area contributed by atoms with Crippen LogP contribution in [0, 0.1) is 0 Å². The smallest absolute Gasteiger partial charge is 0.335 e. The molecule has 0 aliphatic rings. The van der Waals surface area contributed by atoms with E-state index in [4.69, 9.17) is 5.11 Å². The summed E-state index contributed by atoms with van der Waals surface area (Å²) in [5.74, 6) is -1.17. The molecule has 33 heavy (non-hydrogen) atoms. The minimum Gasteiger partial charge on any atom is -0.478 e. The Kier molecular flexibility index (Phi) is 6.01. The van der Waals surface area contributed by atoms with Crippen molar-refractivity contribution >= 4 is 28.6 Å². The monoisotopic (exact) mass is 441 g/mol. The molecule has 0 unspecified atom stereocenters. The van der Waals surface area contributed by atoms with E-state index in [1.165, 1.54) is 23.3 Å². The third-order valence-electron chi connectivity index (χ3n) is 5.66. The number of carboxylic acids is 1. The number of nitrogens with zero attached hydrogens (tertiary/aromatic N) is 2. The van der Waals surface area contributed by atoms with Crippen LogP contribution >= 0.6 is 0 Å². The van der Waals surface area contributed by atoms with Gasteiger partial charge in [0.2, 0.25) is 5.91 Å². The van der Waals surface area contributed by atoms with Gasteiger partial charge < -0.3 is 15.0 Å². The molecule has 4 aromatic rings. The summed E-state index contributed by atoms with van der Waals surface area (Å²) in [4.78, 5) is 28.1. The van der Waals surface area contributed by atoms with Gasteiger partial charge in [-0.05, 0) is 46.4 Å². The number of imidazole rings is 1. The van der Waals surface area contributed by atoms with Crippen molar-refractivity contribution in [3.05, 3.63) is 95.3 Å². The van der Waals surface area contributed by atoms with E-state index in [0.29, 0.717) is 12.2 Å². The minimum atomic E-state index is -0.988. The first kappa shape index (κ1) is 22.3. The van der Waals surface area contributed by atoms with E-state index >= 15 is 0 Å². The summed E-state index contributed by atoms with van der Waals surface area (Å²) in [5.41, 5.74) is 5.87. The van der Waals surface area contributed by atoms with Crippen molar-refractivity contribution in [1.29, 1.82) is 0 Å². The van der Waals surface area contributed by atoms with Gasteiger partial charge in [-0.2, -0.15) is 0 Å². The number of carbonyl (C=O) groups excluding carboxylic acids is 1. The van der Waals surface area contributed by atoms with Crippen molar-refractivity contribution in [1.82, 2.24) is 9.55 Å². The Morgan fingerprint density at radius 3 is 2.24 bits per heavy atom. The van der Waals surface area contributed by atoms with Crippen LogP contribution in [0.25, 0.3) is 11.0 Å². The Morgan fingerprint density at radius 1 is 0.939 bits per heavy atom. The summed E-state index contributed by atoms with van der Waals surface area (Å²) < 4.78 is 2.07. The third-order valence-corrected chi connectivity index (χ3v) is 5.66. The Balaban J connectivity index is 1.48. The summed E-state index contributed by atoms with van der Waals surface area (Å²) in [5, 5.41) is 11.9. The van der Waals surface area contributed by atoms with E-state index in [-0.39, 0.29) is 23.3 Å². The number of amides is 1. The van der Waals surface area contributed by atoms with Gasteiger partial charge in [-0.3, -0.25) is 4.79 Å². The fraction of sp³-hybridized carbons (Fsp3) is 0.222. The van der Waals surface area contributed by atoms with Crippen LogP contribution in [-0.4, -0.2) is 26.5 Å². The van der Waals surface area contributed by atoms with Crippen molar-refractivity contribution in [3.63, 3.8) is 0 Å². The van der Waals surface area contributed by atoms with Crippen LogP contribution in [0.4, 0.5) is 5.69 Å². The molecule has 0 aliphatic heterocycles. The minimum absolute atomic E-state index is 0.117. The van der Waals surface area contributed by atoms with Crippen LogP contribution in [0.2, 0.25) is 0 Å². The Hall–Kier alpha value is -3.93. The second-order valence-corrected chi connectivity index (χ2v) is 9.22. The first-order valence-corrected chi connectivity index (χ1v) is 10.9. The van der Waals surface area contributed by atoms with Crippen LogP contribution in [0.1, 0.15) is 47.8 Å². The van der Waals surface area contributed by atoms with Gasteiger partial charge in [0, 0.05) is 6.54 Å². The van der Waals surface area contributed by atoms with Gasteiger partial charge in [0.15, 0.2) is 0 Å². The first-order valence-electron chi connectivity index (χ1n) is 10.9. The summed E-state index contributed by atoms with van der Waals surface area (Å²) in [6, 6.07) is 20.7. The van der Waals surface area contributed by atoms with Gasteiger partial charge in [-0.1, -0.05) is 63.2 Å². The molecule has 0 fully saturated rings. The predicted octanol–water partition coefficient (Wildman–Crippen LogP) is 5.26. The average molecular weight is 442 g/mol. The highest BCUT2D eigenvalue weighted by molar-refractivity contribution is 6.00. The molecule has 4 rings (SSSR count). The van der Waals surface area contributed by atoms with E-state index in [0.717, 1.165) is 16.6 Å². The molecule has 0 radical (unpaired) electrons. The highest BCUT2D eigenvalue weighted by Gasteiger charge is 2.14. The summed E-state index contributed by atoms with van der Waals surface area (Å²) >= 11 is 0. The van der Waals surface area contributed by atoms with Crippen molar-refractivity contribution in [2.24, 2.45) is 0 Å². The molecule has 0 saturated carbocycles. The van der Waals surface area contributed by atoms with Crippen molar-refractivity contribution in [2.45, 2.75) is 39.2 Å². The molecule has 0 atom stereocenters. The molecule has 6 heteroatoms. The number of carboxylic acid groups (broad SMARTS) is 1. The molecule has 0 spiro atoms. The number of hydrogen-bond acceptors (Lipinski definition) is 3. The Labute approximate surface area is 192 Å². The summed E-state index contributed by atoms with van der Waals surface area (Å²) in [6.45, 7) is 7.29. The van der Waals surface area contributed by atoms with Gasteiger partial charge in [-0.25, -0.2) is 9.78 Å². The molecule has 6 nitrogen and oxygen atoms in total. The normalized spacial score (nSPS) is 11.5. The van der Waals surface area contributed by atoms with Crippen LogP contribution < -0.4 is 5.32 Å². The number of benzene rings is 3. The van der Waals surface area contributed by atoms with Crippen LogP contribution in [0.15, 0.2) is 73.1 Å². The van der Waals surface area contributed by atoms with E-state index in [9.17, 15) is 9.59 Å². The number of anilines is 1. The van der Waals surface area contributed by atoms with E-state index in [1.807, 2.05) is 18.2 Å². The zero-order chi connectivity index (χ0) is 23.6. The maximum absolute atomic E-state index is 12.6. The number of hydrogen-bond donors (Lipinski definition) is 2. The quantitative estimate of drug-likeness (QED) is 0.427. The number of aromatic nitrogens is 2. The van der Waals surface area contributed by atoms with Crippen molar-refractivity contribution < 1.29 is 14.7 Å². The fourth-order valence-electron chi connectivity index (χ4n) is 3.77.